The lowest BCUT2D eigenvalue weighted by Gasteiger charge is -2.48. The first-order chi connectivity index (χ1) is 11.5. The predicted molar refractivity (Wildman–Crippen MR) is 89.0 cm³/mol. The van der Waals surface area contributed by atoms with Crippen LogP contribution in [0.4, 0.5) is 0 Å². The molecule has 3 aliphatic heterocycles. The summed E-state index contributed by atoms with van der Waals surface area (Å²) in [5.74, 6) is -0.421. The highest BCUT2D eigenvalue weighted by Gasteiger charge is 2.48. The molecular formula is C17H28N4O3. The Morgan fingerprint density at radius 1 is 1.12 bits per heavy atom. The van der Waals surface area contributed by atoms with Crippen molar-refractivity contribution in [3.05, 3.63) is 0 Å². The minimum Gasteiger partial charge on any atom is -0.368 e. The SMILES string of the molecule is CCN1C(=O)C[C@@H](N2CCC(C(N)=O)(N3CCCCC3)CC2)C1=O. The zero-order valence-electron chi connectivity index (χ0n) is 14.5. The van der Waals surface area contributed by atoms with Crippen molar-refractivity contribution >= 4 is 17.7 Å². The van der Waals surface area contributed by atoms with Crippen LogP contribution in [0.3, 0.4) is 0 Å². The molecule has 3 aliphatic rings. The van der Waals surface area contributed by atoms with Crippen LogP contribution in [0.2, 0.25) is 0 Å². The van der Waals surface area contributed by atoms with Crippen molar-refractivity contribution in [1.29, 1.82) is 0 Å². The fourth-order valence-corrected chi connectivity index (χ4v) is 4.53. The van der Waals surface area contributed by atoms with Gasteiger partial charge in [-0.2, -0.15) is 0 Å². The summed E-state index contributed by atoms with van der Waals surface area (Å²) in [4.78, 5) is 42.3. The van der Waals surface area contributed by atoms with E-state index in [0.29, 0.717) is 32.5 Å². The normalized spacial score (nSPS) is 29.2. The molecule has 0 bridgehead atoms. The van der Waals surface area contributed by atoms with Gasteiger partial charge in [-0.15, -0.1) is 0 Å². The standard InChI is InChI=1S/C17H28N4O3/c1-2-21-14(22)12-13(15(21)23)19-10-6-17(7-11-19,16(18)24)20-8-4-3-5-9-20/h13H,2-12H2,1H3,(H2,18,24)/t13-/m1/s1. The average molecular weight is 336 g/mol. The van der Waals surface area contributed by atoms with Crippen molar-refractivity contribution in [2.75, 3.05) is 32.7 Å². The largest absolute Gasteiger partial charge is 0.368 e. The van der Waals surface area contributed by atoms with Gasteiger partial charge in [0.2, 0.25) is 17.7 Å². The fourth-order valence-electron chi connectivity index (χ4n) is 4.53. The van der Waals surface area contributed by atoms with E-state index in [1.807, 2.05) is 6.92 Å². The lowest BCUT2D eigenvalue weighted by atomic mass is 9.83. The summed E-state index contributed by atoms with van der Waals surface area (Å²) < 4.78 is 0. The molecule has 0 aromatic rings. The van der Waals surface area contributed by atoms with Crippen molar-refractivity contribution in [3.63, 3.8) is 0 Å². The number of hydrogen-bond acceptors (Lipinski definition) is 5. The molecule has 0 radical (unpaired) electrons. The Morgan fingerprint density at radius 3 is 2.25 bits per heavy atom. The van der Waals surface area contributed by atoms with Gasteiger partial charge in [-0.3, -0.25) is 29.1 Å². The van der Waals surface area contributed by atoms with Crippen LogP contribution in [0.15, 0.2) is 0 Å². The third-order valence-corrected chi connectivity index (χ3v) is 6.02. The monoisotopic (exact) mass is 336 g/mol. The third-order valence-electron chi connectivity index (χ3n) is 6.02. The first-order valence-corrected chi connectivity index (χ1v) is 9.13. The quantitative estimate of drug-likeness (QED) is 0.727. The van der Waals surface area contributed by atoms with Gasteiger partial charge < -0.3 is 5.73 Å². The third kappa shape index (κ3) is 2.84. The molecule has 0 aromatic heterocycles. The summed E-state index contributed by atoms with van der Waals surface area (Å²) >= 11 is 0. The molecule has 2 N–H and O–H groups in total. The van der Waals surface area contributed by atoms with Crippen LogP contribution in [0.5, 0.6) is 0 Å². The first-order valence-electron chi connectivity index (χ1n) is 9.13. The average Bonchev–Trinajstić information content (AvgIpc) is 2.89. The van der Waals surface area contributed by atoms with Gasteiger partial charge in [-0.25, -0.2) is 0 Å². The number of nitrogens with two attached hydrogens (primary N) is 1. The molecule has 1 atom stereocenters. The van der Waals surface area contributed by atoms with Crippen molar-refractivity contribution in [3.8, 4) is 0 Å². The minimum absolute atomic E-state index is 0.0877. The van der Waals surface area contributed by atoms with E-state index in [0.717, 1.165) is 25.9 Å². The van der Waals surface area contributed by atoms with E-state index in [1.165, 1.54) is 11.3 Å². The van der Waals surface area contributed by atoms with Crippen LogP contribution in [0, 0.1) is 0 Å². The number of likely N-dealkylation sites (N-methyl/N-ethyl adjacent to an activating group) is 1. The molecule has 3 saturated heterocycles. The highest BCUT2D eigenvalue weighted by Crippen LogP contribution is 2.33. The molecular weight excluding hydrogens is 308 g/mol. The van der Waals surface area contributed by atoms with Crippen molar-refractivity contribution in [2.45, 2.75) is 57.0 Å². The minimum atomic E-state index is -0.576. The number of imide groups is 1. The number of nitrogens with zero attached hydrogens (tertiary/aromatic N) is 3. The first kappa shape index (κ1) is 17.4. The molecule has 0 spiro atoms. The van der Waals surface area contributed by atoms with Gasteiger partial charge in [0.05, 0.1) is 12.5 Å². The summed E-state index contributed by atoms with van der Waals surface area (Å²) in [6.07, 6.45) is 4.99. The molecule has 0 aliphatic carbocycles. The zero-order valence-corrected chi connectivity index (χ0v) is 14.5. The number of carbonyl (C=O) groups excluding carboxylic acids is 3. The van der Waals surface area contributed by atoms with E-state index in [1.54, 1.807) is 0 Å². The van der Waals surface area contributed by atoms with Crippen LogP contribution in [0.1, 0.15) is 45.4 Å². The van der Waals surface area contributed by atoms with E-state index in [2.05, 4.69) is 9.80 Å². The second-order valence-electron chi connectivity index (χ2n) is 7.18. The summed E-state index contributed by atoms with van der Waals surface area (Å²) in [6.45, 7) is 5.38. The number of amides is 3. The molecule has 24 heavy (non-hydrogen) atoms. The second-order valence-corrected chi connectivity index (χ2v) is 7.18. The Morgan fingerprint density at radius 2 is 1.75 bits per heavy atom. The maximum absolute atomic E-state index is 12.4. The Balaban J connectivity index is 1.68. The molecule has 3 amide bonds. The molecule has 3 rings (SSSR count). The summed E-state index contributed by atoms with van der Waals surface area (Å²) in [5, 5.41) is 0. The molecule has 3 fully saturated rings. The van der Waals surface area contributed by atoms with Crippen molar-refractivity contribution < 1.29 is 14.4 Å². The van der Waals surface area contributed by atoms with Gasteiger partial charge in [0.1, 0.15) is 5.54 Å². The van der Waals surface area contributed by atoms with Crippen LogP contribution < -0.4 is 5.73 Å². The van der Waals surface area contributed by atoms with E-state index < -0.39 is 5.54 Å². The summed E-state index contributed by atoms with van der Waals surface area (Å²) in [5.41, 5.74) is 5.22. The van der Waals surface area contributed by atoms with Gasteiger partial charge >= 0.3 is 0 Å². The summed E-state index contributed by atoms with van der Waals surface area (Å²) in [7, 11) is 0. The number of primary amides is 1. The maximum atomic E-state index is 12.4. The van der Waals surface area contributed by atoms with Gasteiger partial charge in [0.25, 0.3) is 0 Å². The molecule has 134 valence electrons. The number of piperidine rings is 2. The Kier molecular flexibility index (Phi) is 4.92. The Labute approximate surface area is 143 Å². The van der Waals surface area contributed by atoms with Gasteiger partial charge in [0, 0.05) is 19.6 Å². The van der Waals surface area contributed by atoms with E-state index in [4.69, 9.17) is 5.73 Å². The van der Waals surface area contributed by atoms with Crippen molar-refractivity contribution in [2.24, 2.45) is 5.73 Å². The van der Waals surface area contributed by atoms with Crippen LogP contribution >= 0.6 is 0 Å². The van der Waals surface area contributed by atoms with Crippen molar-refractivity contribution in [1.82, 2.24) is 14.7 Å². The van der Waals surface area contributed by atoms with Gasteiger partial charge in [-0.1, -0.05) is 6.42 Å². The van der Waals surface area contributed by atoms with Crippen LogP contribution in [-0.4, -0.2) is 76.7 Å². The number of likely N-dealkylation sites (tertiary alicyclic amines) is 3. The maximum Gasteiger partial charge on any atom is 0.247 e. The molecule has 7 heteroatoms. The smallest absolute Gasteiger partial charge is 0.247 e. The fraction of sp³-hybridized carbons (Fsp3) is 0.824. The molecule has 3 heterocycles. The van der Waals surface area contributed by atoms with Gasteiger partial charge in [0.15, 0.2) is 0 Å². The summed E-state index contributed by atoms with van der Waals surface area (Å²) in [6, 6.07) is -0.357. The molecule has 7 nitrogen and oxygen atoms in total. The highest BCUT2D eigenvalue weighted by atomic mass is 16.2. The highest BCUT2D eigenvalue weighted by molar-refractivity contribution is 6.05. The van der Waals surface area contributed by atoms with E-state index in [9.17, 15) is 14.4 Å². The lowest BCUT2D eigenvalue weighted by molar-refractivity contribution is -0.140. The number of hydrogen-bond donors (Lipinski definition) is 1. The second kappa shape index (κ2) is 6.80. The van der Waals surface area contributed by atoms with Crippen LogP contribution in [0.25, 0.3) is 0 Å². The zero-order chi connectivity index (χ0) is 17.3. The predicted octanol–water partition coefficient (Wildman–Crippen LogP) is -0.0604. The Bertz CT molecular complexity index is 522. The molecule has 0 unspecified atom stereocenters. The van der Waals surface area contributed by atoms with E-state index >= 15 is 0 Å². The van der Waals surface area contributed by atoms with E-state index in [-0.39, 0.29) is 30.2 Å². The lowest BCUT2D eigenvalue weighted by Crippen LogP contribution is -2.64. The topological polar surface area (TPSA) is 87.0 Å². The number of carbonyl (C=O) groups is 3. The van der Waals surface area contributed by atoms with Gasteiger partial charge in [-0.05, 0) is 45.7 Å². The molecule has 0 aromatic carbocycles. The number of rotatable bonds is 4. The van der Waals surface area contributed by atoms with Crippen LogP contribution in [-0.2, 0) is 14.4 Å². The molecule has 0 saturated carbocycles. The Hall–Kier alpha value is -1.47.